The number of rotatable bonds is 17. The van der Waals surface area contributed by atoms with Gasteiger partial charge in [0.15, 0.2) is 0 Å². The van der Waals surface area contributed by atoms with Crippen molar-refractivity contribution in [1.82, 2.24) is 10.5 Å². The first-order chi connectivity index (χ1) is 12.3. The summed E-state index contributed by atoms with van der Waals surface area (Å²) in [5.74, 6) is -0.0293. The highest BCUT2D eigenvalue weighted by atomic mass is 32.1. The minimum absolute atomic E-state index is 0.0293. The van der Waals surface area contributed by atoms with Crippen LogP contribution in [-0.4, -0.2) is 10.9 Å². The van der Waals surface area contributed by atoms with E-state index in [0.29, 0.717) is 13.0 Å². The molecular formula is C20H36N2O2S. The van der Waals surface area contributed by atoms with E-state index < -0.39 is 0 Å². The molecule has 1 heterocycles. The molecule has 0 aliphatic rings. The second kappa shape index (κ2) is 16.5. The molecule has 0 spiro atoms. The third kappa shape index (κ3) is 14.0. The molecule has 25 heavy (non-hydrogen) atoms. The van der Waals surface area contributed by atoms with Gasteiger partial charge >= 0.3 is 0 Å². The van der Waals surface area contributed by atoms with Gasteiger partial charge in [0.2, 0.25) is 5.91 Å². The molecule has 1 rings (SSSR count). The van der Waals surface area contributed by atoms with Crippen molar-refractivity contribution in [3.8, 4) is 0 Å². The van der Waals surface area contributed by atoms with E-state index in [-0.39, 0.29) is 5.91 Å². The standard InChI is InChI=1S/C20H36N2O2S/c1-2-3-4-5-6-7-8-9-10-11-12-13-14-15-20(23)22-24-16-19-17-25-18-21-19/h17-18H,2-16H2,1H3,(H,22,23). The van der Waals surface area contributed by atoms with Gasteiger partial charge in [-0.25, -0.2) is 10.5 Å². The van der Waals surface area contributed by atoms with E-state index in [0.717, 1.165) is 18.5 Å². The fourth-order valence-electron chi connectivity index (χ4n) is 2.85. The van der Waals surface area contributed by atoms with Gasteiger partial charge in [0, 0.05) is 11.8 Å². The van der Waals surface area contributed by atoms with Crippen LogP contribution in [-0.2, 0) is 16.2 Å². The Hall–Kier alpha value is -0.940. The number of hydroxylamine groups is 1. The van der Waals surface area contributed by atoms with Crippen molar-refractivity contribution in [3.05, 3.63) is 16.6 Å². The zero-order chi connectivity index (χ0) is 18.0. The van der Waals surface area contributed by atoms with Gasteiger partial charge in [-0.1, -0.05) is 84.0 Å². The Bertz CT molecular complexity index is 410. The number of carbonyl (C=O) groups is 1. The van der Waals surface area contributed by atoms with Crippen LogP contribution in [0.3, 0.4) is 0 Å². The molecule has 1 amide bonds. The number of amides is 1. The molecule has 1 aromatic heterocycles. The Balaban J connectivity index is 1.75. The van der Waals surface area contributed by atoms with Gasteiger partial charge < -0.3 is 0 Å². The van der Waals surface area contributed by atoms with Crippen LogP contribution >= 0.6 is 11.3 Å². The van der Waals surface area contributed by atoms with Crippen LogP contribution in [0.1, 0.15) is 103 Å². The first-order valence-corrected chi connectivity index (χ1v) is 11.0. The maximum Gasteiger partial charge on any atom is 0.243 e. The van der Waals surface area contributed by atoms with Crippen molar-refractivity contribution in [2.75, 3.05) is 0 Å². The molecule has 0 aliphatic carbocycles. The average molecular weight is 369 g/mol. The van der Waals surface area contributed by atoms with Crippen molar-refractivity contribution in [3.63, 3.8) is 0 Å². The maximum atomic E-state index is 11.6. The third-order valence-corrected chi connectivity index (χ3v) is 5.03. The highest BCUT2D eigenvalue weighted by Crippen LogP contribution is 2.12. The van der Waals surface area contributed by atoms with Gasteiger partial charge in [0.1, 0.15) is 6.61 Å². The van der Waals surface area contributed by atoms with E-state index >= 15 is 0 Å². The van der Waals surface area contributed by atoms with E-state index in [2.05, 4.69) is 17.4 Å². The topological polar surface area (TPSA) is 51.2 Å². The lowest BCUT2D eigenvalue weighted by molar-refractivity contribution is -0.134. The summed E-state index contributed by atoms with van der Waals surface area (Å²) in [6.07, 6.45) is 17.7. The smallest absolute Gasteiger partial charge is 0.243 e. The third-order valence-electron chi connectivity index (χ3n) is 4.40. The molecule has 1 N–H and O–H groups in total. The van der Waals surface area contributed by atoms with Gasteiger partial charge in [0.05, 0.1) is 11.2 Å². The number of nitrogens with one attached hydrogen (secondary N) is 1. The number of nitrogens with zero attached hydrogens (tertiary/aromatic N) is 1. The van der Waals surface area contributed by atoms with Crippen molar-refractivity contribution in [2.45, 2.75) is 103 Å². The second-order valence-corrected chi connectivity index (χ2v) is 7.51. The van der Waals surface area contributed by atoms with E-state index in [9.17, 15) is 4.79 Å². The molecule has 0 unspecified atom stereocenters. The van der Waals surface area contributed by atoms with Crippen LogP contribution in [0, 0.1) is 0 Å². The number of hydrogen-bond acceptors (Lipinski definition) is 4. The SMILES string of the molecule is CCCCCCCCCCCCCCCC(=O)NOCc1cscn1. The van der Waals surface area contributed by atoms with Crippen LogP contribution < -0.4 is 5.48 Å². The normalized spacial score (nSPS) is 10.9. The lowest BCUT2D eigenvalue weighted by Crippen LogP contribution is -2.23. The summed E-state index contributed by atoms with van der Waals surface area (Å²) in [7, 11) is 0. The molecule has 0 saturated carbocycles. The van der Waals surface area contributed by atoms with Gasteiger partial charge in [-0.3, -0.25) is 9.63 Å². The molecule has 0 atom stereocenters. The Morgan fingerprint density at radius 3 is 2.04 bits per heavy atom. The van der Waals surface area contributed by atoms with Crippen LogP contribution in [0.2, 0.25) is 0 Å². The van der Waals surface area contributed by atoms with Crippen LogP contribution in [0.4, 0.5) is 0 Å². The second-order valence-electron chi connectivity index (χ2n) is 6.79. The summed E-state index contributed by atoms with van der Waals surface area (Å²) in [6, 6.07) is 0. The summed E-state index contributed by atoms with van der Waals surface area (Å²) in [5.41, 5.74) is 5.10. The van der Waals surface area contributed by atoms with Crippen LogP contribution in [0.5, 0.6) is 0 Å². The highest BCUT2D eigenvalue weighted by molar-refractivity contribution is 7.07. The van der Waals surface area contributed by atoms with Crippen molar-refractivity contribution in [1.29, 1.82) is 0 Å². The van der Waals surface area contributed by atoms with E-state index in [1.165, 1.54) is 82.0 Å². The summed E-state index contributed by atoms with van der Waals surface area (Å²) >= 11 is 1.53. The molecule has 1 aromatic rings. The first kappa shape index (κ1) is 22.1. The van der Waals surface area contributed by atoms with Crippen molar-refractivity contribution >= 4 is 17.2 Å². The highest BCUT2D eigenvalue weighted by Gasteiger charge is 2.02. The predicted molar refractivity (Wildman–Crippen MR) is 105 cm³/mol. The van der Waals surface area contributed by atoms with Gasteiger partial charge in [0.25, 0.3) is 0 Å². The van der Waals surface area contributed by atoms with Crippen molar-refractivity contribution in [2.24, 2.45) is 0 Å². The average Bonchev–Trinajstić information content (AvgIpc) is 3.12. The fourth-order valence-corrected chi connectivity index (χ4v) is 3.40. The predicted octanol–water partition coefficient (Wildman–Crippen LogP) is 6.17. The lowest BCUT2D eigenvalue weighted by Gasteiger charge is -2.05. The Kier molecular flexibility index (Phi) is 14.6. The largest absolute Gasteiger partial charge is 0.273 e. The summed E-state index contributed by atoms with van der Waals surface area (Å²) < 4.78 is 0. The van der Waals surface area contributed by atoms with E-state index in [4.69, 9.17) is 4.84 Å². The van der Waals surface area contributed by atoms with Crippen LogP contribution in [0.25, 0.3) is 0 Å². The van der Waals surface area contributed by atoms with Crippen LogP contribution in [0.15, 0.2) is 10.9 Å². The molecule has 0 fully saturated rings. The molecule has 144 valence electrons. The summed E-state index contributed by atoms with van der Waals surface area (Å²) in [6.45, 7) is 2.61. The molecule has 4 nitrogen and oxygen atoms in total. The minimum Gasteiger partial charge on any atom is -0.273 e. The maximum absolute atomic E-state index is 11.6. The van der Waals surface area contributed by atoms with E-state index in [1.54, 1.807) is 5.51 Å². The molecule has 0 radical (unpaired) electrons. The molecular weight excluding hydrogens is 332 g/mol. The lowest BCUT2D eigenvalue weighted by atomic mass is 10.0. The minimum atomic E-state index is -0.0293. The van der Waals surface area contributed by atoms with Gasteiger partial charge in [-0.05, 0) is 6.42 Å². The number of thiazole rings is 1. The first-order valence-electron chi connectivity index (χ1n) is 10.1. The Morgan fingerprint density at radius 1 is 0.960 bits per heavy atom. The molecule has 0 aromatic carbocycles. The van der Waals surface area contributed by atoms with Gasteiger partial charge in [-0.2, -0.15) is 0 Å². The monoisotopic (exact) mass is 368 g/mol. The zero-order valence-corrected chi connectivity index (χ0v) is 16.7. The quantitative estimate of drug-likeness (QED) is 0.264. The summed E-state index contributed by atoms with van der Waals surface area (Å²) in [4.78, 5) is 20.9. The fraction of sp³-hybridized carbons (Fsp3) is 0.800. The van der Waals surface area contributed by atoms with Gasteiger partial charge in [-0.15, -0.1) is 11.3 Å². The molecule has 0 bridgehead atoms. The number of unbranched alkanes of at least 4 members (excludes halogenated alkanes) is 12. The summed E-state index contributed by atoms with van der Waals surface area (Å²) in [5, 5.41) is 1.92. The zero-order valence-electron chi connectivity index (χ0n) is 15.9. The number of aromatic nitrogens is 1. The molecule has 0 aliphatic heterocycles. The Labute approximate surface area is 157 Å². The number of carbonyl (C=O) groups excluding carboxylic acids is 1. The Morgan fingerprint density at radius 2 is 1.52 bits per heavy atom. The van der Waals surface area contributed by atoms with Crippen molar-refractivity contribution < 1.29 is 9.63 Å². The number of hydrogen-bond donors (Lipinski definition) is 1. The molecule has 5 heteroatoms. The van der Waals surface area contributed by atoms with E-state index in [1.807, 2.05) is 5.38 Å². The molecule has 0 saturated heterocycles.